The summed E-state index contributed by atoms with van der Waals surface area (Å²) >= 11 is 1.28. The minimum Gasteiger partial charge on any atom is -0.308 e. The van der Waals surface area contributed by atoms with Crippen molar-refractivity contribution in [3.05, 3.63) is 35.7 Å². The van der Waals surface area contributed by atoms with E-state index in [0.29, 0.717) is 16.9 Å². The number of hydrogen-bond acceptors (Lipinski definition) is 5. The summed E-state index contributed by atoms with van der Waals surface area (Å²) in [4.78, 5) is 23.8. The van der Waals surface area contributed by atoms with Gasteiger partial charge in [0, 0.05) is 11.7 Å². The van der Waals surface area contributed by atoms with E-state index < -0.39 is 6.03 Å². The van der Waals surface area contributed by atoms with Gasteiger partial charge in [-0.1, -0.05) is 17.8 Å². The van der Waals surface area contributed by atoms with Crippen LogP contribution in [0.2, 0.25) is 0 Å². The number of rotatable bonds is 5. The highest BCUT2D eigenvalue weighted by Gasteiger charge is 2.26. The van der Waals surface area contributed by atoms with E-state index in [1.165, 1.54) is 11.8 Å². The van der Waals surface area contributed by atoms with Crippen LogP contribution in [0.3, 0.4) is 0 Å². The summed E-state index contributed by atoms with van der Waals surface area (Å²) in [5, 5.41) is 13.6. The molecule has 1 aliphatic rings. The molecule has 0 spiro atoms. The molecule has 8 heteroatoms. The predicted molar refractivity (Wildman–Crippen MR) is 92.1 cm³/mol. The maximum Gasteiger partial charge on any atom is 0.325 e. The van der Waals surface area contributed by atoms with Gasteiger partial charge >= 0.3 is 6.03 Å². The van der Waals surface area contributed by atoms with Crippen LogP contribution in [0.1, 0.15) is 30.0 Å². The van der Waals surface area contributed by atoms with Gasteiger partial charge in [-0.25, -0.2) is 4.79 Å². The van der Waals surface area contributed by atoms with Crippen molar-refractivity contribution in [2.45, 2.75) is 37.9 Å². The molecule has 24 heavy (non-hydrogen) atoms. The SMILES string of the molecule is Cc1ccc(NC(=O)NC(=O)CSc2nncn2C2CC2)cc1C. The van der Waals surface area contributed by atoms with Gasteiger partial charge in [-0.05, 0) is 49.9 Å². The fourth-order valence-electron chi connectivity index (χ4n) is 2.21. The smallest absolute Gasteiger partial charge is 0.308 e. The Labute approximate surface area is 144 Å². The van der Waals surface area contributed by atoms with Crippen LogP contribution in [0.15, 0.2) is 29.7 Å². The van der Waals surface area contributed by atoms with Gasteiger partial charge in [0.1, 0.15) is 6.33 Å². The third kappa shape index (κ3) is 4.14. The molecule has 1 saturated carbocycles. The number of anilines is 1. The van der Waals surface area contributed by atoms with E-state index in [1.54, 1.807) is 12.4 Å². The van der Waals surface area contributed by atoms with Crippen molar-refractivity contribution in [3.63, 3.8) is 0 Å². The summed E-state index contributed by atoms with van der Waals surface area (Å²) in [5.74, 6) is -0.252. The predicted octanol–water partition coefficient (Wildman–Crippen LogP) is 2.67. The lowest BCUT2D eigenvalue weighted by Crippen LogP contribution is -2.35. The zero-order valence-electron chi connectivity index (χ0n) is 13.6. The molecule has 126 valence electrons. The summed E-state index contributed by atoms with van der Waals surface area (Å²) < 4.78 is 1.98. The molecule has 7 nitrogen and oxygen atoms in total. The van der Waals surface area contributed by atoms with Crippen molar-refractivity contribution in [1.29, 1.82) is 0 Å². The van der Waals surface area contributed by atoms with Crippen LogP contribution < -0.4 is 10.6 Å². The highest BCUT2D eigenvalue weighted by molar-refractivity contribution is 7.99. The average molecular weight is 345 g/mol. The first-order valence-electron chi connectivity index (χ1n) is 7.73. The van der Waals surface area contributed by atoms with Crippen molar-refractivity contribution in [2.24, 2.45) is 0 Å². The zero-order valence-corrected chi connectivity index (χ0v) is 14.4. The monoisotopic (exact) mass is 345 g/mol. The van der Waals surface area contributed by atoms with Crippen molar-refractivity contribution >= 4 is 29.4 Å². The lowest BCUT2D eigenvalue weighted by atomic mass is 10.1. The number of hydrogen-bond donors (Lipinski definition) is 2. The Morgan fingerprint density at radius 3 is 2.79 bits per heavy atom. The second-order valence-electron chi connectivity index (χ2n) is 5.84. The Hall–Kier alpha value is -2.35. The maximum absolute atomic E-state index is 11.9. The summed E-state index contributed by atoms with van der Waals surface area (Å²) in [6.07, 6.45) is 3.93. The molecule has 1 aromatic carbocycles. The lowest BCUT2D eigenvalue weighted by Gasteiger charge is -2.08. The van der Waals surface area contributed by atoms with E-state index in [9.17, 15) is 9.59 Å². The molecule has 3 rings (SSSR count). The summed E-state index contributed by atoms with van der Waals surface area (Å²) in [5.41, 5.74) is 2.88. The Morgan fingerprint density at radius 2 is 2.08 bits per heavy atom. The quantitative estimate of drug-likeness (QED) is 0.813. The van der Waals surface area contributed by atoms with Gasteiger partial charge < -0.3 is 9.88 Å². The molecule has 0 unspecified atom stereocenters. The normalized spacial score (nSPS) is 13.6. The molecule has 2 aromatic rings. The fraction of sp³-hybridized carbons (Fsp3) is 0.375. The number of nitrogens with one attached hydrogen (secondary N) is 2. The third-order valence-corrected chi connectivity index (χ3v) is 4.79. The van der Waals surface area contributed by atoms with Crippen LogP contribution in [0.25, 0.3) is 0 Å². The first-order chi connectivity index (χ1) is 11.5. The number of carbonyl (C=O) groups is 2. The molecule has 0 radical (unpaired) electrons. The highest BCUT2D eigenvalue weighted by atomic mass is 32.2. The minimum atomic E-state index is -0.535. The molecule has 3 amide bonds. The highest BCUT2D eigenvalue weighted by Crippen LogP contribution is 2.37. The molecule has 1 aliphatic carbocycles. The van der Waals surface area contributed by atoms with Crippen molar-refractivity contribution in [2.75, 3.05) is 11.1 Å². The van der Waals surface area contributed by atoms with Gasteiger partial charge in [0.15, 0.2) is 5.16 Å². The Kier molecular flexibility index (Phi) is 4.84. The average Bonchev–Trinajstić information content (AvgIpc) is 3.27. The molecule has 0 bridgehead atoms. The largest absolute Gasteiger partial charge is 0.325 e. The lowest BCUT2D eigenvalue weighted by molar-refractivity contribution is -0.117. The number of urea groups is 1. The number of amides is 3. The number of benzene rings is 1. The van der Waals surface area contributed by atoms with Crippen LogP contribution in [0, 0.1) is 13.8 Å². The number of aryl methyl sites for hydroxylation is 2. The van der Waals surface area contributed by atoms with Crippen molar-refractivity contribution in [1.82, 2.24) is 20.1 Å². The fourth-order valence-corrected chi connectivity index (χ4v) is 3.00. The van der Waals surface area contributed by atoms with E-state index in [1.807, 2.05) is 30.5 Å². The number of nitrogens with zero attached hydrogens (tertiary/aromatic N) is 3. The second kappa shape index (κ2) is 7.04. The molecule has 1 aromatic heterocycles. The summed E-state index contributed by atoms with van der Waals surface area (Å²) in [6.45, 7) is 3.97. The molecule has 1 heterocycles. The Morgan fingerprint density at radius 1 is 1.29 bits per heavy atom. The van der Waals surface area contributed by atoms with Crippen LogP contribution in [0.4, 0.5) is 10.5 Å². The summed E-state index contributed by atoms with van der Waals surface area (Å²) in [7, 11) is 0. The molecule has 1 fully saturated rings. The standard InChI is InChI=1S/C16H19N5O2S/c1-10-3-4-12(7-11(10)2)18-15(23)19-14(22)8-24-16-20-17-9-21(16)13-5-6-13/h3-4,7,9,13H,5-6,8H2,1-2H3,(H2,18,19,22,23). The minimum absolute atomic E-state index is 0.117. The van der Waals surface area contributed by atoms with Gasteiger partial charge in [-0.2, -0.15) is 0 Å². The van der Waals surface area contributed by atoms with Crippen LogP contribution >= 0.6 is 11.8 Å². The van der Waals surface area contributed by atoms with Gasteiger partial charge in [0.2, 0.25) is 5.91 Å². The van der Waals surface area contributed by atoms with E-state index in [-0.39, 0.29) is 11.7 Å². The molecule has 0 atom stereocenters. The van der Waals surface area contributed by atoms with Crippen LogP contribution in [-0.4, -0.2) is 32.5 Å². The topological polar surface area (TPSA) is 88.9 Å². The van der Waals surface area contributed by atoms with E-state index in [2.05, 4.69) is 20.8 Å². The van der Waals surface area contributed by atoms with E-state index in [0.717, 1.165) is 24.0 Å². The van der Waals surface area contributed by atoms with Crippen LogP contribution in [-0.2, 0) is 4.79 Å². The molecular weight excluding hydrogens is 326 g/mol. The number of aromatic nitrogens is 3. The van der Waals surface area contributed by atoms with Crippen molar-refractivity contribution < 1.29 is 9.59 Å². The third-order valence-electron chi connectivity index (χ3n) is 3.83. The molecular formula is C16H19N5O2S. The Bertz CT molecular complexity index is 770. The van der Waals surface area contributed by atoms with E-state index in [4.69, 9.17) is 0 Å². The zero-order chi connectivity index (χ0) is 17.1. The number of imide groups is 1. The Balaban J connectivity index is 1.48. The first kappa shape index (κ1) is 16.5. The van der Waals surface area contributed by atoms with Gasteiger partial charge in [0.05, 0.1) is 5.75 Å². The molecule has 2 N–H and O–H groups in total. The maximum atomic E-state index is 11.9. The number of carbonyl (C=O) groups excluding carboxylic acids is 2. The van der Waals surface area contributed by atoms with Crippen molar-refractivity contribution in [3.8, 4) is 0 Å². The van der Waals surface area contributed by atoms with Gasteiger partial charge in [-0.3, -0.25) is 10.1 Å². The summed E-state index contributed by atoms with van der Waals surface area (Å²) in [6, 6.07) is 5.52. The molecule has 0 saturated heterocycles. The number of thioether (sulfide) groups is 1. The van der Waals surface area contributed by atoms with E-state index >= 15 is 0 Å². The molecule has 0 aliphatic heterocycles. The van der Waals surface area contributed by atoms with Gasteiger partial charge in [0.25, 0.3) is 0 Å². The second-order valence-corrected chi connectivity index (χ2v) is 6.78. The van der Waals surface area contributed by atoms with Gasteiger partial charge in [-0.15, -0.1) is 10.2 Å². The van der Waals surface area contributed by atoms with Crippen LogP contribution in [0.5, 0.6) is 0 Å². The first-order valence-corrected chi connectivity index (χ1v) is 8.72.